The lowest BCUT2D eigenvalue weighted by Gasteiger charge is -2.33. The Kier molecular flexibility index (Phi) is 5.78. The first-order valence-corrected chi connectivity index (χ1v) is 10.0. The molecule has 0 aromatic carbocycles. The van der Waals surface area contributed by atoms with Crippen molar-refractivity contribution in [3.05, 3.63) is 36.2 Å². The smallest absolute Gasteiger partial charge is 0.169 e. The normalized spacial score (nSPS) is 14.6. The minimum atomic E-state index is 0.221. The fraction of sp³-hybridized carbons (Fsp3) is 0.350. The van der Waals surface area contributed by atoms with Gasteiger partial charge in [0.15, 0.2) is 5.82 Å². The average Bonchev–Trinajstić information content (AvgIpc) is 3.15. The number of hydrazine groups is 1. The van der Waals surface area contributed by atoms with Gasteiger partial charge in [-0.3, -0.25) is 4.68 Å². The first-order chi connectivity index (χ1) is 14.9. The predicted octanol–water partition coefficient (Wildman–Crippen LogP) is 0.658. The first kappa shape index (κ1) is 20.7. The molecule has 0 amide bonds. The summed E-state index contributed by atoms with van der Waals surface area (Å²) in [7, 11) is 4.03. The van der Waals surface area contributed by atoms with Gasteiger partial charge in [-0.15, -0.1) is 0 Å². The van der Waals surface area contributed by atoms with Gasteiger partial charge in [0.1, 0.15) is 35.4 Å². The zero-order valence-corrected chi connectivity index (χ0v) is 17.7. The minimum Gasteiger partial charge on any atom is -0.485 e. The molecule has 0 aliphatic carbocycles. The van der Waals surface area contributed by atoms with E-state index in [0.717, 1.165) is 48.9 Å². The van der Waals surface area contributed by atoms with Gasteiger partial charge in [0, 0.05) is 51.1 Å². The van der Waals surface area contributed by atoms with Crippen LogP contribution in [0.2, 0.25) is 0 Å². The number of aryl methyl sites for hydroxylation is 1. The van der Waals surface area contributed by atoms with Gasteiger partial charge in [-0.25, -0.2) is 15.8 Å². The lowest BCUT2D eigenvalue weighted by atomic mass is 10.2. The van der Waals surface area contributed by atoms with E-state index in [0.29, 0.717) is 5.75 Å². The second-order valence-corrected chi connectivity index (χ2v) is 7.58. The van der Waals surface area contributed by atoms with Crippen LogP contribution in [0.25, 0.3) is 11.3 Å². The summed E-state index contributed by atoms with van der Waals surface area (Å²) in [5.41, 5.74) is 17.2. The number of rotatable bonds is 6. The number of piperazine rings is 1. The number of hydrogen-bond acceptors (Lipinski definition) is 10. The van der Waals surface area contributed by atoms with Crippen LogP contribution in [0.15, 0.2) is 30.5 Å². The van der Waals surface area contributed by atoms with E-state index in [2.05, 4.69) is 49.5 Å². The first-order valence-electron chi connectivity index (χ1n) is 10.0. The second-order valence-electron chi connectivity index (χ2n) is 7.58. The Morgan fingerprint density at radius 1 is 1.10 bits per heavy atom. The van der Waals surface area contributed by atoms with Crippen molar-refractivity contribution in [2.45, 2.75) is 6.61 Å². The molecule has 0 atom stereocenters. The summed E-state index contributed by atoms with van der Waals surface area (Å²) in [4.78, 5) is 13.3. The molecule has 4 rings (SSSR count). The molecule has 1 aliphatic rings. The number of nitrogens with one attached hydrogen (secondary N) is 1. The number of nitrogens with zero attached hydrogens (tertiary/aromatic N) is 6. The number of ether oxygens (including phenoxy) is 1. The number of nitrogens with two attached hydrogens (primary N) is 3. The standard InChI is InChI=1S/C20H28N10O/c1-28-5-7-30(8-6-28)18-4-3-13(11-24-18)15-9-14(27-29(15)2)12-31-16-10-17(21)25-20(26-23)19(16)22/h3-4,9-11H,5-8,12,22-23H2,1-2H3,(H3,21,25,26). The quantitative estimate of drug-likeness (QED) is 0.328. The Bertz CT molecular complexity index is 1040. The Morgan fingerprint density at radius 2 is 1.87 bits per heavy atom. The number of anilines is 4. The Labute approximate surface area is 180 Å². The predicted molar refractivity (Wildman–Crippen MR) is 121 cm³/mol. The molecule has 1 aliphatic heterocycles. The molecule has 0 spiro atoms. The molecule has 7 N–H and O–H groups in total. The molecule has 0 bridgehead atoms. The zero-order valence-electron chi connectivity index (χ0n) is 17.7. The highest BCUT2D eigenvalue weighted by molar-refractivity contribution is 5.71. The number of pyridine rings is 2. The molecule has 3 aromatic heterocycles. The van der Waals surface area contributed by atoms with E-state index < -0.39 is 0 Å². The van der Waals surface area contributed by atoms with Gasteiger partial charge >= 0.3 is 0 Å². The Hall–Kier alpha value is -3.57. The highest BCUT2D eigenvalue weighted by Crippen LogP contribution is 2.30. The van der Waals surface area contributed by atoms with E-state index >= 15 is 0 Å². The van der Waals surface area contributed by atoms with Gasteiger partial charge in [0.05, 0.1) is 5.69 Å². The summed E-state index contributed by atoms with van der Waals surface area (Å²) < 4.78 is 7.62. The SMILES string of the molecule is CN1CCN(c2ccc(-c3cc(COc4cc(N)nc(NN)c4N)nn3C)cn2)CC1. The maximum absolute atomic E-state index is 6.01. The fourth-order valence-electron chi connectivity index (χ4n) is 3.56. The van der Waals surface area contributed by atoms with E-state index in [1.54, 1.807) is 6.07 Å². The van der Waals surface area contributed by atoms with Crippen molar-refractivity contribution < 1.29 is 4.74 Å². The van der Waals surface area contributed by atoms with Crippen molar-refractivity contribution in [3.63, 3.8) is 0 Å². The highest BCUT2D eigenvalue weighted by atomic mass is 16.5. The van der Waals surface area contributed by atoms with E-state index in [1.807, 2.05) is 24.0 Å². The van der Waals surface area contributed by atoms with Crippen molar-refractivity contribution in [2.24, 2.45) is 12.9 Å². The topological polar surface area (TPSA) is 149 Å². The second kappa shape index (κ2) is 8.66. The van der Waals surface area contributed by atoms with Gasteiger partial charge in [-0.2, -0.15) is 5.10 Å². The van der Waals surface area contributed by atoms with Crippen LogP contribution in [0.3, 0.4) is 0 Å². The van der Waals surface area contributed by atoms with Crippen molar-refractivity contribution in [1.82, 2.24) is 24.6 Å². The number of likely N-dealkylation sites (N-methyl/N-ethyl adjacent to an activating group) is 1. The number of hydrogen-bond donors (Lipinski definition) is 4. The van der Waals surface area contributed by atoms with Crippen molar-refractivity contribution in [1.29, 1.82) is 0 Å². The minimum absolute atomic E-state index is 0.221. The van der Waals surface area contributed by atoms with Crippen LogP contribution >= 0.6 is 0 Å². The largest absolute Gasteiger partial charge is 0.485 e. The summed E-state index contributed by atoms with van der Waals surface area (Å²) in [5.74, 6) is 7.33. The summed E-state index contributed by atoms with van der Waals surface area (Å²) in [6.45, 7) is 4.29. The fourth-order valence-corrected chi connectivity index (χ4v) is 3.56. The van der Waals surface area contributed by atoms with E-state index in [1.165, 1.54) is 0 Å². The van der Waals surface area contributed by atoms with Crippen LogP contribution in [0.5, 0.6) is 5.75 Å². The van der Waals surface area contributed by atoms with E-state index in [-0.39, 0.29) is 23.9 Å². The van der Waals surface area contributed by atoms with Crippen molar-refractivity contribution >= 4 is 23.1 Å². The van der Waals surface area contributed by atoms with Crippen LogP contribution < -0.4 is 32.4 Å². The van der Waals surface area contributed by atoms with Gasteiger partial charge in [-0.1, -0.05) is 0 Å². The van der Waals surface area contributed by atoms with Crippen molar-refractivity contribution in [2.75, 3.05) is 55.0 Å². The molecule has 0 saturated carbocycles. The van der Waals surface area contributed by atoms with Crippen LogP contribution in [-0.4, -0.2) is 57.9 Å². The molecular weight excluding hydrogens is 396 g/mol. The van der Waals surface area contributed by atoms with Gasteiger partial charge in [0.25, 0.3) is 0 Å². The average molecular weight is 425 g/mol. The molecule has 4 heterocycles. The molecule has 1 saturated heterocycles. The molecular formula is C20H28N10O. The Morgan fingerprint density at radius 3 is 2.55 bits per heavy atom. The third-order valence-corrected chi connectivity index (χ3v) is 5.35. The molecule has 164 valence electrons. The Balaban J connectivity index is 1.46. The van der Waals surface area contributed by atoms with Gasteiger partial charge < -0.3 is 31.4 Å². The highest BCUT2D eigenvalue weighted by Gasteiger charge is 2.16. The summed E-state index contributed by atoms with van der Waals surface area (Å²) in [6.07, 6.45) is 1.88. The maximum atomic E-state index is 6.01. The third-order valence-electron chi connectivity index (χ3n) is 5.35. The molecule has 11 nitrogen and oxygen atoms in total. The monoisotopic (exact) mass is 424 g/mol. The molecule has 0 radical (unpaired) electrons. The lowest BCUT2D eigenvalue weighted by Crippen LogP contribution is -2.44. The van der Waals surface area contributed by atoms with E-state index in [9.17, 15) is 0 Å². The zero-order chi connectivity index (χ0) is 22.0. The van der Waals surface area contributed by atoms with Crippen LogP contribution in [-0.2, 0) is 13.7 Å². The van der Waals surface area contributed by atoms with Gasteiger partial charge in [-0.05, 0) is 25.2 Å². The number of nitrogen functional groups attached to an aromatic ring is 3. The molecule has 3 aromatic rings. The molecule has 31 heavy (non-hydrogen) atoms. The molecule has 11 heteroatoms. The van der Waals surface area contributed by atoms with Crippen LogP contribution in [0.1, 0.15) is 5.69 Å². The maximum Gasteiger partial charge on any atom is 0.169 e. The summed E-state index contributed by atoms with van der Waals surface area (Å²) in [6, 6.07) is 7.66. The molecule has 0 unspecified atom stereocenters. The number of aromatic nitrogens is 4. The van der Waals surface area contributed by atoms with Crippen LogP contribution in [0, 0.1) is 0 Å². The summed E-state index contributed by atoms with van der Waals surface area (Å²) >= 11 is 0. The van der Waals surface area contributed by atoms with Crippen LogP contribution in [0.4, 0.5) is 23.1 Å². The molecule has 1 fully saturated rings. The third kappa shape index (κ3) is 4.47. The lowest BCUT2D eigenvalue weighted by molar-refractivity contribution is 0.302. The van der Waals surface area contributed by atoms with Gasteiger partial charge in [0.2, 0.25) is 0 Å². The van der Waals surface area contributed by atoms with E-state index in [4.69, 9.17) is 22.0 Å². The van der Waals surface area contributed by atoms with Crippen molar-refractivity contribution in [3.8, 4) is 17.0 Å². The summed E-state index contributed by atoms with van der Waals surface area (Å²) in [5, 5.41) is 4.54.